The molecule has 0 amide bonds. The van der Waals surface area contributed by atoms with Gasteiger partial charge in [0, 0.05) is 58.5 Å². The van der Waals surface area contributed by atoms with Gasteiger partial charge in [-0.25, -0.2) is 4.98 Å². The molecule has 0 spiro atoms. The number of benzene rings is 3. The van der Waals surface area contributed by atoms with Crippen molar-refractivity contribution in [2.75, 3.05) is 0 Å². The van der Waals surface area contributed by atoms with Gasteiger partial charge in [0.25, 0.3) is 0 Å². The van der Waals surface area contributed by atoms with Gasteiger partial charge in [0.05, 0.1) is 19.3 Å². The number of carbonyl (C=O) groups is 1. The van der Waals surface area contributed by atoms with E-state index in [0.717, 1.165) is 42.5 Å². The van der Waals surface area contributed by atoms with Gasteiger partial charge in [-0.1, -0.05) is 108 Å². The second-order valence-corrected chi connectivity index (χ2v) is 20.6. The molecule has 1 fully saturated rings. The third-order valence-electron chi connectivity index (χ3n) is 10.3. The Morgan fingerprint density at radius 1 is 0.918 bits per heavy atom. The van der Waals surface area contributed by atoms with Crippen molar-refractivity contribution in [3.63, 3.8) is 0 Å². The van der Waals surface area contributed by atoms with E-state index in [9.17, 15) is 9.90 Å². The summed E-state index contributed by atoms with van der Waals surface area (Å²) in [6.07, 6.45) is 13.4. The van der Waals surface area contributed by atoms with Crippen LogP contribution in [0.25, 0.3) is 42.3 Å². The molecule has 5 aromatic rings. The summed E-state index contributed by atoms with van der Waals surface area (Å²) in [5.74, 6) is 1.26. The maximum atomic E-state index is 11.7. The number of aromatic nitrogens is 2. The van der Waals surface area contributed by atoms with Crippen molar-refractivity contribution < 1.29 is 30.0 Å². The summed E-state index contributed by atoms with van der Waals surface area (Å²) < 4.78 is 2.52. The Labute approximate surface area is 312 Å². The van der Waals surface area contributed by atoms with Gasteiger partial charge in [0.1, 0.15) is 6.33 Å². The summed E-state index contributed by atoms with van der Waals surface area (Å²) in [7, 11) is -1.55. The van der Waals surface area contributed by atoms with Gasteiger partial charge in [-0.05, 0) is 56.1 Å². The molecule has 1 saturated carbocycles. The monoisotopic (exact) mass is 870 g/mol. The first-order chi connectivity index (χ1) is 23.1. The van der Waals surface area contributed by atoms with Crippen molar-refractivity contribution >= 4 is 61.5 Å². The Morgan fingerprint density at radius 2 is 1.59 bits per heavy atom. The van der Waals surface area contributed by atoms with Crippen molar-refractivity contribution in [3.05, 3.63) is 78.3 Å². The van der Waals surface area contributed by atoms with E-state index in [4.69, 9.17) is 9.97 Å². The van der Waals surface area contributed by atoms with E-state index in [1.807, 2.05) is 39.0 Å². The molecule has 0 saturated heterocycles. The normalized spacial score (nSPS) is 14.3. The van der Waals surface area contributed by atoms with Crippen LogP contribution in [0.3, 0.4) is 0 Å². The first-order valence-corrected chi connectivity index (χ1v) is 22.5. The van der Waals surface area contributed by atoms with Crippen molar-refractivity contribution in [2.45, 2.75) is 111 Å². The van der Waals surface area contributed by atoms with Crippen molar-refractivity contribution in [3.8, 4) is 11.3 Å². The number of carbonyl (C=O) groups excluding carboxylic acids is 1. The largest absolute Gasteiger partial charge is 0.512 e. The van der Waals surface area contributed by atoms with Crippen LogP contribution in [-0.4, -0.2) is 28.9 Å². The third-order valence-corrected chi connectivity index (χ3v) is 13.5. The molecule has 2 heterocycles. The molecule has 1 radical (unpaired) electrons. The molecule has 4 nitrogen and oxygen atoms in total. The van der Waals surface area contributed by atoms with Crippen molar-refractivity contribution in [1.82, 2.24) is 9.97 Å². The SMILES string of the molecule is CCC(CC)C(=O)/C=C(\O)C(CC)CC.C[Si](C)(C)c1cc(-c2ncnc3c2sc2cc(C4CCCCC4)ccc23)[c-]c2ccccc12.[Ir]. The van der Waals surface area contributed by atoms with Crippen LogP contribution >= 0.6 is 11.3 Å². The second kappa shape index (κ2) is 17.5. The van der Waals surface area contributed by atoms with Crippen LogP contribution in [0.4, 0.5) is 0 Å². The van der Waals surface area contributed by atoms with Gasteiger partial charge in [0.2, 0.25) is 0 Å². The van der Waals surface area contributed by atoms with Gasteiger partial charge < -0.3 is 5.11 Å². The first-order valence-electron chi connectivity index (χ1n) is 18.2. The summed E-state index contributed by atoms with van der Waals surface area (Å²) in [5, 5.41) is 15.0. The Kier molecular flexibility index (Phi) is 13.9. The molecular formula is C42H53IrN2O2SSi-. The van der Waals surface area contributed by atoms with Crippen molar-refractivity contribution in [1.29, 1.82) is 0 Å². The van der Waals surface area contributed by atoms with Gasteiger partial charge in [-0.15, -0.1) is 40.1 Å². The van der Waals surface area contributed by atoms with E-state index in [0.29, 0.717) is 5.92 Å². The number of fused-ring (bicyclic) bond motifs is 4. The number of aliphatic hydroxyl groups excluding tert-OH is 1. The topological polar surface area (TPSA) is 63.1 Å². The van der Waals surface area contributed by atoms with Crippen LogP contribution in [0.5, 0.6) is 0 Å². The number of thiophene rings is 1. The molecule has 1 aliphatic carbocycles. The maximum absolute atomic E-state index is 11.7. The van der Waals surface area contributed by atoms with E-state index in [1.54, 1.807) is 6.33 Å². The number of allylic oxidation sites excluding steroid dienone is 2. The third kappa shape index (κ3) is 8.97. The Morgan fingerprint density at radius 3 is 2.24 bits per heavy atom. The molecular weight excluding hydrogens is 817 g/mol. The predicted molar refractivity (Wildman–Crippen MR) is 209 cm³/mol. The van der Waals surface area contributed by atoms with Crippen LogP contribution < -0.4 is 5.19 Å². The molecule has 0 bridgehead atoms. The van der Waals surface area contributed by atoms with E-state index in [1.165, 1.54) is 74.5 Å². The minimum Gasteiger partial charge on any atom is -0.512 e. The summed E-state index contributed by atoms with van der Waals surface area (Å²) in [6.45, 7) is 15.3. The molecule has 1 N–H and O–H groups in total. The fourth-order valence-electron chi connectivity index (χ4n) is 7.23. The summed E-state index contributed by atoms with van der Waals surface area (Å²) in [5.41, 5.74) is 4.69. The minimum atomic E-state index is -1.55. The van der Waals surface area contributed by atoms with Crippen molar-refractivity contribution in [2.24, 2.45) is 11.8 Å². The quantitative estimate of drug-likeness (QED) is 0.0657. The number of nitrogens with zero attached hydrogens (tertiary/aromatic N) is 2. The zero-order valence-electron chi connectivity index (χ0n) is 30.4. The Balaban J connectivity index is 0.000000290. The second-order valence-electron chi connectivity index (χ2n) is 14.5. The molecule has 1 aliphatic rings. The molecule has 0 atom stereocenters. The fraction of sp³-hybridized carbons (Fsp3) is 0.452. The molecule has 6 rings (SSSR count). The summed E-state index contributed by atoms with van der Waals surface area (Å²) in [6, 6.07) is 21.8. The molecule has 2 aromatic heterocycles. The number of aliphatic hydroxyl groups is 1. The zero-order valence-corrected chi connectivity index (χ0v) is 34.6. The van der Waals surface area contributed by atoms with Crippen LogP contribution in [0.2, 0.25) is 19.6 Å². The number of rotatable bonds is 10. The Hall–Kier alpha value is -2.70. The van der Waals surface area contributed by atoms with E-state index in [-0.39, 0.29) is 43.5 Å². The standard InChI is InChI=1S/C29H29N2SSi.C13H24O2.Ir/c1-33(2,3)26-17-22(15-21-11-7-8-12-23(21)26)27-29-28(31-18-30-27)24-14-13-20(16-25(24)32-29)19-9-5-4-6-10-19;1-5-10(6-2)12(14)9-13(15)11(7-3)8-4;/h7-8,11-14,16-19H,4-6,9-10H2,1-3H3;9-11,14H,5-8H2,1-4H3;/q-1;;/b;12-9-;. The van der Waals surface area contributed by atoms with E-state index >= 15 is 0 Å². The first kappa shape index (κ1) is 39.1. The molecule has 7 heteroatoms. The van der Waals surface area contributed by atoms with Crippen LogP contribution in [0.15, 0.2) is 66.7 Å². The zero-order chi connectivity index (χ0) is 34.4. The van der Waals surface area contributed by atoms with Gasteiger partial charge in [-0.3, -0.25) is 9.78 Å². The van der Waals surface area contributed by atoms with Gasteiger partial charge in [-0.2, -0.15) is 0 Å². The summed E-state index contributed by atoms with van der Waals surface area (Å²) in [4.78, 5) is 21.2. The van der Waals surface area contributed by atoms with Gasteiger partial charge >= 0.3 is 0 Å². The number of ketones is 1. The fourth-order valence-corrected chi connectivity index (χ4v) is 10.0. The average molecular weight is 870 g/mol. The van der Waals surface area contributed by atoms with E-state index < -0.39 is 8.07 Å². The maximum Gasteiger partial charge on any atom is 0.162 e. The molecule has 263 valence electrons. The van der Waals surface area contributed by atoms with Crippen LogP contribution in [0, 0.1) is 17.9 Å². The van der Waals surface area contributed by atoms with Crippen LogP contribution in [-0.2, 0) is 24.9 Å². The minimum absolute atomic E-state index is 0. The number of hydrogen-bond donors (Lipinski definition) is 1. The molecule has 0 aliphatic heterocycles. The molecule has 3 aromatic carbocycles. The smallest absolute Gasteiger partial charge is 0.162 e. The predicted octanol–water partition coefficient (Wildman–Crippen LogP) is 11.9. The summed E-state index contributed by atoms with van der Waals surface area (Å²) >= 11 is 1.85. The molecule has 49 heavy (non-hydrogen) atoms. The average Bonchev–Trinajstić information content (AvgIpc) is 3.47. The number of hydrogen-bond acceptors (Lipinski definition) is 5. The Bertz CT molecular complexity index is 1900. The van der Waals surface area contributed by atoms with Crippen LogP contribution in [0.1, 0.15) is 97.0 Å². The molecule has 0 unspecified atom stereocenters. The van der Waals surface area contributed by atoms with E-state index in [2.05, 4.69) is 74.2 Å². The van der Waals surface area contributed by atoms with Gasteiger partial charge in [0.15, 0.2) is 5.78 Å².